The number of carbonyl (C=O) groups is 1. The number of ether oxygens (including phenoxy) is 1. The van der Waals surface area contributed by atoms with Gasteiger partial charge in [0.25, 0.3) is 11.8 Å². The highest BCUT2D eigenvalue weighted by atomic mass is 19.3. The summed E-state index contributed by atoms with van der Waals surface area (Å²) < 4.78 is 57.5. The summed E-state index contributed by atoms with van der Waals surface area (Å²) in [6.45, 7) is -0.247. The highest BCUT2D eigenvalue weighted by molar-refractivity contribution is 6.09. The molecule has 1 aliphatic heterocycles. The zero-order valence-corrected chi connectivity index (χ0v) is 19.1. The zero-order valence-electron chi connectivity index (χ0n) is 19.1. The first kappa shape index (κ1) is 24.3. The summed E-state index contributed by atoms with van der Waals surface area (Å²) in [7, 11) is 0. The molecule has 3 aromatic carbocycles. The number of carbonyl (C=O) groups excluding carboxylic acids is 1. The predicted octanol–water partition coefficient (Wildman–Crippen LogP) is 6.72. The Hall–Kier alpha value is -3.81. The molecule has 1 N–H and O–H groups in total. The van der Waals surface area contributed by atoms with Gasteiger partial charge in [0.05, 0.1) is 11.7 Å². The van der Waals surface area contributed by atoms with Crippen LogP contribution in [0.15, 0.2) is 90.6 Å². The molecule has 8 heteroatoms. The van der Waals surface area contributed by atoms with E-state index < -0.39 is 18.6 Å². The number of alkyl halides is 4. The largest absolute Gasteiger partial charge is 0.435 e. The van der Waals surface area contributed by atoms with Gasteiger partial charge in [-0.05, 0) is 54.5 Å². The Morgan fingerprint density at radius 2 is 1.66 bits per heavy atom. The molecule has 182 valence electrons. The standard InChI is InChI=1S/C27H24F4N2O2/c1-17(18-7-4-3-5-8-18)32-23-16-24(19-9-6-10-20(15-19)27(2,30)31)33(25(23)34)21-11-13-22(14-12-21)35-26(28)29/h3-17,24,26,32H,1-2H3/t17-,24?/m1/s1. The number of nitrogens with zero attached hydrogens (tertiary/aromatic N) is 1. The summed E-state index contributed by atoms with van der Waals surface area (Å²) in [5.41, 5.74) is 2.02. The van der Waals surface area contributed by atoms with E-state index >= 15 is 0 Å². The van der Waals surface area contributed by atoms with Crippen molar-refractivity contribution in [3.05, 3.63) is 107 Å². The van der Waals surface area contributed by atoms with Crippen molar-refractivity contribution in [2.45, 2.75) is 38.5 Å². The fraction of sp³-hybridized carbons (Fsp3) is 0.222. The Kier molecular flexibility index (Phi) is 6.82. The summed E-state index contributed by atoms with van der Waals surface area (Å²) in [6, 6.07) is 20.2. The van der Waals surface area contributed by atoms with E-state index in [9.17, 15) is 22.4 Å². The van der Waals surface area contributed by atoms with E-state index in [0.29, 0.717) is 16.9 Å². The number of nitrogens with one attached hydrogen (secondary N) is 1. The highest BCUT2D eigenvalue weighted by Gasteiger charge is 2.36. The van der Waals surface area contributed by atoms with E-state index in [1.165, 1.54) is 47.4 Å². The Bertz CT molecular complexity index is 1210. The van der Waals surface area contributed by atoms with Crippen molar-refractivity contribution >= 4 is 11.6 Å². The van der Waals surface area contributed by atoms with E-state index in [-0.39, 0.29) is 23.3 Å². The van der Waals surface area contributed by atoms with E-state index in [0.717, 1.165) is 12.5 Å². The van der Waals surface area contributed by atoms with Crippen molar-refractivity contribution in [1.29, 1.82) is 0 Å². The first-order chi connectivity index (χ1) is 16.6. The van der Waals surface area contributed by atoms with Gasteiger partial charge in [-0.15, -0.1) is 0 Å². The highest BCUT2D eigenvalue weighted by Crippen LogP contribution is 2.38. The summed E-state index contributed by atoms with van der Waals surface area (Å²) in [5.74, 6) is -3.47. The number of hydrogen-bond acceptors (Lipinski definition) is 3. The van der Waals surface area contributed by atoms with Crippen molar-refractivity contribution in [2.24, 2.45) is 0 Å². The van der Waals surface area contributed by atoms with Crippen LogP contribution in [0, 0.1) is 0 Å². The molecule has 4 rings (SSSR count). The van der Waals surface area contributed by atoms with Gasteiger partial charge < -0.3 is 10.1 Å². The summed E-state index contributed by atoms with van der Waals surface area (Å²) >= 11 is 0. The monoisotopic (exact) mass is 484 g/mol. The molecule has 0 saturated carbocycles. The van der Waals surface area contributed by atoms with Gasteiger partial charge in [0.1, 0.15) is 5.75 Å². The van der Waals surface area contributed by atoms with Crippen LogP contribution in [-0.2, 0) is 10.7 Å². The number of anilines is 1. The minimum absolute atomic E-state index is 0.0522. The van der Waals surface area contributed by atoms with Gasteiger partial charge >= 0.3 is 6.61 Å². The van der Waals surface area contributed by atoms with Crippen LogP contribution in [-0.4, -0.2) is 12.5 Å². The van der Waals surface area contributed by atoms with Crippen LogP contribution in [0.1, 0.15) is 42.6 Å². The van der Waals surface area contributed by atoms with Crippen molar-refractivity contribution in [3.63, 3.8) is 0 Å². The molecule has 0 aromatic heterocycles. The van der Waals surface area contributed by atoms with Crippen LogP contribution in [0.25, 0.3) is 0 Å². The lowest BCUT2D eigenvalue weighted by atomic mass is 10.0. The Balaban J connectivity index is 1.70. The minimum Gasteiger partial charge on any atom is -0.435 e. The number of rotatable bonds is 8. The summed E-state index contributed by atoms with van der Waals surface area (Å²) in [5, 5.41) is 3.22. The molecule has 0 bridgehead atoms. The second-order valence-electron chi connectivity index (χ2n) is 8.36. The van der Waals surface area contributed by atoms with Crippen LogP contribution < -0.4 is 15.0 Å². The van der Waals surface area contributed by atoms with Gasteiger partial charge in [0.15, 0.2) is 0 Å². The second kappa shape index (κ2) is 9.82. The lowest BCUT2D eigenvalue weighted by Gasteiger charge is -2.26. The van der Waals surface area contributed by atoms with Crippen LogP contribution in [0.2, 0.25) is 0 Å². The first-order valence-corrected chi connectivity index (χ1v) is 11.0. The molecule has 1 heterocycles. The molecule has 0 aliphatic carbocycles. The maximum absolute atomic E-state index is 14.0. The molecule has 35 heavy (non-hydrogen) atoms. The van der Waals surface area contributed by atoms with Crippen molar-refractivity contribution in [2.75, 3.05) is 4.90 Å². The molecule has 0 fully saturated rings. The molecule has 3 aromatic rings. The van der Waals surface area contributed by atoms with Crippen LogP contribution in [0.4, 0.5) is 23.2 Å². The Labute approximate surface area is 200 Å². The topological polar surface area (TPSA) is 41.6 Å². The van der Waals surface area contributed by atoms with E-state index in [4.69, 9.17) is 0 Å². The fourth-order valence-electron chi connectivity index (χ4n) is 4.03. The SMILES string of the molecule is C[C@@H](NC1=CC(c2cccc(C(C)(F)F)c2)N(c2ccc(OC(F)F)cc2)C1=O)c1ccccc1. The quantitative estimate of drug-likeness (QED) is 0.361. The number of hydrogen-bond donors (Lipinski definition) is 1. The number of amides is 1. The third kappa shape index (κ3) is 5.48. The smallest absolute Gasteiger partial charge is 0.387 e. The molecular formula is C27H24F4N2O2. The lowest BCUT2D eigenvalue weighted by molar-refractivity contribution is -0.115. The van der Waals surface area contributed by atoms with Crippen LogP contribution in [0.3, 0.4) is 0 Å². The second-order valence-corrected chi connectivity index (χ2v) is 8.36. The molecule has 4 nitrogen and oxygen atoms in total. The minimum atomic E-state index is -3.05. The first-order valence-electron chi connectivity index (χ1n) is 11.0. The van der Waals surface area contributed by atoms with Crippen molar-refractivity contribution in [1.82, 2.24) is 5.32 Å². The summed E-state index contributed by atoms with van der Waals surface area (Å²) in [6.07, 6.45) is 1.69. The Morgan fingerprint density at radius 3 is 2.29 bits per heavy atom. The Morgan fingerprint density at radius 1 is 0.971 bits per heavy atom. The summed E-state index contributed by atoms with van der Waals surface area (Å²) in [4.78, 5) is 14.9. The average Bonchev–Trinajstić information content (AvgIpc) is 3.15. The van der Waals surface area contributed by atoms with Crippen LogP contribution in [0.5, 0.6) is 5.75 Å². The third-order valence-electron chi connectivity index (χ3n) is 5.80. The number of halogens is 4. The molecular weight excluding hydrogens is 460 g/mol. The van der Waals surface area contributed by atoms with Gasteiger partial charge in [-0.25, -0.2) is 8.78 Å². The maximum Gasteiger partial charge on any atom is 0.387 e. The average molecular weight is 484 g/mol. The van der Waals surface area contributed by atoms with Gasteiger partial charge in [-0.3, -0.25) is 9.69 Å². The molecule has 1 unspecified atom stereocenters. The molecule has 2 atom stereocenters. The fourth-order valence-corrected chi connectivity index (χ4v) is 4.03. The molecule has 0 saturated heterocycles. The predicted molar refractivity (Wildman–Crippen MR) is 125 cm³/mol. The molecule has 1 amide bonds. The van der Waals surface area contributed by atoms with Gasteiger partial charge in [-0.2, -0.15) is 8.78 Å². The molecule has 0 spiro atoms. The van der Waals surface area contributed by atoms with E-state index in [1.807, 2.05) is 37.3 Å². The molecule has 1 aliphatic rings. The maximum atomic E-state index is 14.0. The van der Waals surface area contributed by atoms with E-state index in [1.54, 1.807) is 12.1 Å². The van der Waals surface area contributed by atoms with Gasteiger partial charge in [-0.1, -0.05) is 48.5 Å². The van der Waals surface area contributed by atoms with Crippen molar-refractivity contribution in [3.8, 4) is 5.75 Å². The third-order valence-corrected chi connectivity index (χ3v) is 5.80. The van der Waals surface area contributed by atoms with Crippen molar-refractivity contribution < 1.29 is 27.1 Å². The van der Waals surface area contributed by atoms with Crippen LogP contribution >= 0.6 is 0 Å². The van der Waals surface area contributed by atoms with E-state index in [2.05, 4.69) is 10.1 Å². The normalized spacial score (nSPS) is 16.9. The lowest BCUT2D eigenvalue weighted by Crippen LogP contribution is -2.33. The van der Waals surface area contributed by atoms with Gasteiger partial charge in [0.2, 0.25) is 0 Å². The number of benzene rings is 3. The van der Waals surface area contributed by atoms with Gasteiger partial charge in [0, 0.05) is 24.2 Å². The molecule has 0 radical (unpaired) electrons. The zero-order chi connectivity index (χ0) is 25.2.